The Labute approximate surface area is 123 Å². The van der Waals surface area contributed by atoms with Crippen LogP contribution < -0.4 is 0 Å². The third kappa shape index (κ3) is 7.62. The molecule has 0 saturated carbocycles. The van der Waals surface area contributed by atoms with Gasteiger partial charge in [-0.2, -0.15) is 8.42 Å². The highest BCUT2D eigenvalue weighted by atomic mass is 32.2. The minimum atomic E-state index is -3.66. The number of nitrogens with zero attached hydrogens (tertiary/aromatic N) is 1. The Morgan fingerprint density at radius 1 is 0.950 bits per heavy atom. The third-order valence-corrected chi connectivity index (χ3v) is 4.47. The highest BCUT2D eigenvalue weighted by Crippen LogP contribution is 2.13. The normalized spacial score (nSPS) is 11.7. The Kier molecular flexibility index (Phi) is 8.69. The first kappa shape index (κ1) is 19.1. The molecular formula is C15H28NO3S+. The van der Waals surface area contributed by atoms with E-state index in [9.17, 15) is 8.42 Å². The molecule has 0 fully saturated rings. The average molecular weight is 302 g/mol. The molecule has 0 heterocycles. The fourth-order valence-electron chi connectivity index (χ4n) is 1.98. The summed E-state index contributed by atoms with van der Waals surface area (Å²) in [5.74, 6) is -0.201. The van der Waals surface area contributed by atoms with Gasteiger partial charge in [0.1, 0.15) is 6.54 Å². The van der Waals surface area contributed by atoms with Gasteiger partial charge in [0, 0.05) is 5.56 Å². The van der Waals surface area contributed by atoms with E-state index in [2.05, 4.69) is 51.1 Å². The van der Waals surface area contributed by atoms with Crippen LogP contribution in [0, 0.1) is 0 Å². The van der Waals surface area contributed by atoms with Crippen LogP contribution in [0.2, 0.25) is 0 Å². The van der Waals surface area contributed by atoms with E-state index in [1.54, 1.807) is 0 Å². The summed E-state index contributed by atoms with van der Waals surface area (Å²) in [4.78, 5) is 0. The van der Waals surface area contributed by atoms with Crippen molar-refractivity contribution in [3.05, 3.63) is 35.9 Å². The van der Waals surface area contributed by atoms with E-state index in [0.29, 0.717) is 0 Å². The second-order valence-corrected chi connectivity index (χ2v) is 6.55. The van der Waals surface area contributed by atoms with Crippen LogP contribution in [0.5, 0.6) is 0 Å². The monoisotopic (exact) mass is 302 g/mol. The molecule has 0 aliphatic heterocycles. The molecule has 20 heavy (non-hydrogen) atoms. The van der Waals surface area contributed by atoms with Crippen molar-refractivity contribution in [1.82, 2.24) is 0 Å². The Balaban J connectivity index is 0.000000511. The molecule has 0 amide bonds. The number of hydrogen-bond donors (Lipinski definition) is 1. The lowest BCUT2D eigenvalue weighted by atomic mass is 10.2. The number of benzene rings is 1. The summed E-state index contributed by atoms with van der Waals surface area (Å²) in [6, 6.07) is 10.8. The molecule has 0 spiro atoms. The van der Waals surface area contributed by atoms with Crippen molar-refractivity contribution in [2.45, 2.75) is 34.2 Å². The molecule has 0 radical (unpaired) electrons. The SMILES string of the molecule is CCS(=O)(=O)O.CC[N+](CC)(CC)Cc1ccccc1. The summed E-state index contributed by atoms with van der Waals surface area (Å²) < 4.78 is 28.1. The fraction of sp³-hybridized carbons (Fsp3) is 0.600. The van der Waals surface area contributed by atoms with E-state index in [4.69, 9.17) is 4.55 Å². The van der Waals surface area contributed by atoms with Gasteiger partial charge in [0.15, 0.2) is 0 Å². The molecule has 0 unspecified atom stereocenters. The van der Waals surface area contributed by atoms with Crippen LogP contribution in [-0.2, 0) is 16.7 Å². The highest BCUT2D eigenvalue weighted by Gasteiger charge is 2.20. The van der Waals surface area contributed by atoms with Crippen LogP contribution in [-0.4, -0.2) is 42.8 Å². The van der Waals surface area contributed by atoms with E-state index < -0.39 is 10.1 Å². The summed E-state index contributed by atoms with van der Waals surface area (Å²) in [6.45, 7) is 13.1. The molecule has 0 bridgehead atoms. The van der Waals surface area contributed by atoms with Gasteiger partial charge < -0.3 is 4.48 Å². The van der Waals surface area contributed by atoms with E-state index in [-0.39, 0.29) is 5.75 Å². The second kappa shape index (κ2) is 9.10. The van der Waals surface area contributed by atoms with Crippen LogP contribution in [0.4, 0.5) is 0 Å². The maximum absolute atomic E-state index is 9.56. The van der Waals surface area contributed by atoms with Gasteiger partial charge in [-0.3, -0.25) is 4.55 Å². The Morgan fingerprint density at radius 3 is 1.65 bits per heavy atom. The van der Waals surface area contributed by atoms with E-state index in [1.807, 2.05) is 0 Å². The molecule has 0 saturated heterocycles. The molecule has 1 rings (SSSR count). The van der Waals surface area contributed by atoms with Crippen LogP contribution >= 0.6 is 0 Å². The van der Waals surface area contributed by atoms with Gasteiger partial charge in [-0.05, 0) is 27.7 Å². The van der Waals surface area contributed by atoms with Crippen molar-refractivity contribution in [2.24, 2.45) is 0 Å². The zero-order valence-electron chi connectivity index (χ0n) is 13.0. The number of rotatable bonds is 6. The van der Waals surface area contributed by atoms with Crippen molar-refractivity contribution in [3.8, 4) is 0 Å². The summed E-state index contributed by atoms with van der Waals surface area (Å²) >= 11 is 0. The molecule has 1 N–H and O–H groups in total. The Morgan fingerprint density at radius 2 is 1.35 bits per heavy atom. The third-order valence-electron chi connectivity index (χ3n) is 3.74. The fourth-order valence-corrected chi connectivity index (χ4v) is 1.98. The van der Waals surface area contributed by atoms with Crippen LogP contribution in [0.25, 0.3) is 0 Å². The topological polar surface area (TPSA) is 54.4 Å². The smallest absolute Gasteiger partial charge is 0.264 e. The quantitative estimate of drug-likeness (QED) is 0.649. The maximum Gasteiger partial charge on any atom is 0.264 e. The van der Waals surface area contributed by atoms with Gasteiger partial charge in [-0.15, -0.1) is 0 Å². The van der Waals surface area contributed by atoms with Crippen LogP contribution in [0.3, 0.4) is 0 Å². The first-order valence-corrected chi connectivity index (χ1v) is 8.77. The van der Waals surface area contributed by atoms with Gasteiger partial charge in [0.25, 0.3) is 10.1 Å². The van der Waals surface area contributed by atoms with Gasteiger partial charge in [0.2, 0.25) is 0 Å². The zero-order valence-corrected chi connectivity index (χ0v) is 13.9. The lowest BCUT2D eigenvalue weighted by molar-refractivity contribution is -0.936. The van der Waals surface area contributed by atoms with E-state index in [0.717, 1.165) is 0 Å². The molecule has 0 aliphatic rings. The lowest BCUT2D eigenvalue weighted by Crippen LogP contribution is -2.46. The molecule has 4 nitrogen and oxygen atoms in total. The number of hydrogen-bond acceptors (Lipinski definition) is 2. The molecular weight excluding hydrogens is 274 g/mol. The highest BCUT2D eigenvalue weighted by molar-refractivity contribution is 7.85. The first-order valence-electron chi connectivity index (χ1n) is 7.16. The Bertz CT molecular complexity index is 445. The molecule has 0 aromatic heterocycles. The Hall–Kier alpha value is -0.910. The zero-order chi connectivity index (χ0) is 15.6. The molecule has 116 valence electrons. The van der Waals surface area contributed by atoms with Crippen molar-refractivity contribution in [3.63, 3.8) is 0 Å². The summed E-state index contributed by atoms with van der Waals surface area (Å²) in [5, 5.41) is 0. The van der Waals surface area contributed by atoms with Gasteiger partial charge in [-0.25, -0.2) is 0 Å². The van der Waals surface area contributed by atoms with Crippen molar-refractivity contribution < 1.29 is 17.5 Å². The van der Waals surface area contributed by atoms with Crippen molar-refractivity contribution >= 4 is 10.1 Å². The minimum absolute atomic E-state index is 0.201. The standard InChI is InChI=1S/C13H22N.C2H6O3S/c1-4-14(5-2,6-3)12-13-10-8-7-9-11-13;1-2-6(3,4)5/h7-11H,4-6,12H2,1-3H3;2H2,1H3,(H,3,4,5)/q+1;. The largest absolute Gasteiger partial charge is 0.321 e. The molecule has 1 aromatic rings. The van der Waals surface area contributed by atoms with Crippen molar-refractivity contribution in [1.29, 1.82) is 0 Å². The predicted molar refractivity (Wildman–Crippen MR) is 84.1 cm³/mol. The summed E-state index contributed by atoms with van der Waals surface area (Å²) in [5.41, 5.74) is 1.46. The predicted octanol–water partition coefficient (Wildman–Crippen LogP) is 2.96. The van der Waals surface area contributed by atoms with E-state index >= 15 is 0 Å². The van der Waals surface area contributed by atoms with Gasteiger partial charge >= 0.3 is 0 Å². The molecule has 5 heteroatoms. The summed E-state index contributed by atoms with van der Waals surface area (Å²) in [6.07, 6.45) is 0. The molecule has 0 atom stereocenters. The lowest BCUT2D eigenvalue weighted by Gasteiger charge is -2.35. The summed E-state index contributed by atoms with van der Waals surface area (Å²) in [7, 11) is -3.66. The van der Waals surface area contributed by atoms with Crippen LogP contribution in [0.15, 0.2) is 30.3 Å². The van der Waals surface area contributed by atoms with E-state index in [1.165, 1.54) is 43.1 Å². The van der Waals surface area contributed by atoms with Crippen molar-refractivity contribution in [2.75, 3.05) is 25.4 Å². The van der Waals surface area contributed by atoms with Gasteiger partial charge in [-0.1, -0.05) is 30.3 Å². The molecule has 1 aromatic carbocycles. The van der Waals surface area contributed by atoms with Gasteiger partial charge in [0.05, 0.1) is 25.4 Å². The van der Waals surface area contributed by atoms with Crippen LogP contribution in [0.1, 0.15) is 33.3 Å². The second-order valence-electron chi connectivity index (χ2n) is 4.80. The number of quaternary nitrogens is 1. The minimum Gasteiger partial charge on any atom is -0.321 e. The average Bonchev–Trinajstić information content (AvgIpc) is 2.46. The molecule has 0 aliphatic carbocycles. The first-order chi connectivity index (χ1) is 9.32. The maximum atomic E-state index is 9.56.